The van der Waals surface area contributed by atoms with Gasteiger partial charge in [-0.3, -0.25) is 9.59 Å². The topological polar surface area (TPSA) is 49.4 Å². The molecule has 0 spiro atoms. The summed E-state index contributed by atoms with van der Waals surface area (Å²) in [5, 5.41) is 3.14. The van der Waals surface area contributed by atoms with E-state index in [4.69, 9.17) is 11.6 Å². The molecule has 1 aromatic heterocycles. The zero-order valence-electron chi connectivity index (χ0n) is 12.3. The van der Waals surface area contributed by atoms with Crippen molar-refractivity contribution in [3.8, 4) is 0 Å². The van der Waals surface area contributed by atoms with Crippen molar-refractivity contribution in [2.45, 2.75) is 0 Å². The first-order valence-electron chi connectivity index (χ1n) is 6.68. The van der Waals surface area contributed by atoms with Crippen LogP contribution < -0.4 is 5.32 Å². The van der Waals surface area contributed by atoms with E-state index in [0.717, 1.165) is 8.66 Å². The average molecular weight is 414 g/mol. The highest BCUT2D eigenvalue weighted by Gasteiger charge is 2.11. The van der Waals surface area contributed by atoms with Gasteiger partial charge in [-0.2, -0.15) is 0 Å². The number of benzene rings is 1. The van der Waals surface area contributed by atoms with Gasteiger partial charge in [0.05, 0.1) is 21.0 Å². The third-order valence-corrected chi connectivity index (χ3v) is 4.81. The van der Waals surface area contributed by atoms with E-state index in [2.05, 4.69) is 21.2 Å². The summed E-state index contributed by atoms with van der Waals surface area (Å²) in [6.07, 6.45) is 3.17. The minimum Gasteiger partial charge on any atom is -0.333 e. The van der Waals surface area contributed by atoms with E-state index in [0.29, 0.717) is 10.7 Å². The number of hydrogen-bond acceptors (Lipinski definition) is 3. The van der Waals surface area contributed by atoms with E-state index >= 15 is 0 Å². The van der Waals surface area contributed by atoms with Crippen LogP contribution in [0, 0.1) is 0 Å². The largest absolute Gasteiger partial charge is 0.333 e. The number of halogens is 2. The highest BCUT2D eigenvalue weighted by molar-refractivity contribution is 9.11. The van der Waals surface area contributed by atoms with Crippen molar-refractivity contribution in [1.29, 1.82) is 0 Å². The van der Waals surface area contributed by atoms with Gasteiger partial charge in [0, 0.05) is 18.0 Å². The Morgan fingerprint density at radius 1 is 1.30 bits per heavy atom. The fourth-order valence-corrected chi connectivity index (χ4v) is 3.25. The van der Waals surface area contributed by atoms with Gasteiger partial charge >= 0.3 is 0 Å². The van der Waals surface area contributed by atoms with Gasteiger partial charge in [0.2, 0.25) is 11.8 Å². The normalized spacial score (nSPS) is 10.7. The molecule has 1 N–H and O–H groups in total. The number of carbonyl (C=O) groups is 2. The maximum absolute atomic E-state index is 12.0. The Labute approximate surface area is 151 Å². The zero-order valence-corrected chi connectivity index (χ0v) is 15.4. The van der Waals surface area contributed by atoms with Crippen LogP contribution in [0.2, 0.25) is 5.02 Å². The summed E-state index contributed by atoms with van der Waals surface area (Å²) in [7, 11) is 1.57. The quantitative estimate of drug-likeness (QED) is 0.744. The minimum absolute atomic E-state index is 0.0530. The molecule has 1 aromatic carbocycles. The van der Waals surface area contributed by atoms with Crippen molar-refractivity contribution in [3.05, 3.63) is 56.2 Å². The molecule has 4 nitrogen and oxygen atoms in total. The maximum Gasteiger partial charge on any atom is 0.246 e. The minimum atomic E-state index is -0.304. The Balaban J connectivity index is 1.89. The van der Waals surface area contributed by atoms with Crippen LogP contribution in [0.5, 0.6) is 0 Å². The lowest BCUT2D eigenvalue weighted by Gasteiger charge is -2.15. The second-order valence-electron chi connectivity index (χ2n) is 4.70. The number of rotatable bonds is 5. The van der Waals surface area contributed by atoms with Crippen LogP contribution in [0.4, 0.5) is 5.69 Å². The van der Waals surface area contributed by atoms with Gasteiger partial charge in [0.1, 0.15) is 0 Å². The Morgan fingerprint density at radius 2 is 2.04 bits per heavy atom. The van der Waals surface area contributed by atoms with Gasteiger partial charge < -0.3 is 10.2 Å². The molecule has 1 heterocycles. The Hall–Kier alpha value is -1.63. The van der Waals surface area contributed by atoms with Crippen molar-refractivity contribution in [3.63, 3.8) is 0 Å². The lowest BCUT2D eigenvalue weighted by molar-refractivity contribution is -0.129. The second-order valence-corrected chi connectivity index (χ2v) is 7.60. The van der Waals surface area contributed by atoms with Crippen LogP contribution in [-0.2, 0) is 9.59 Å². The first-order chi connectivity index (χ1) is 11.0. The van der Waals surface area contributed by atoms with Crippen LogP contribution in [0.3, 0.4) is 0 Å². The van der Waals surface area contributed by atoms with E-state index in [1.54, 1.807) is 37.4 Å². The summed E-state index contributed by atoms with van der Waals surface area (Å²) < 4.78 is 0.997. The van der Waals surface area contributed by atoms with Crippen molar-refractivity contribution in [2.24, 2.45) is 0 Å². The lowest BCUT2D eigenvalue weighted by Crippen LogP contribution is -2.33. The number of likely N-dealkylation sites (N-methyl/N-ethyl adjacent to an activating group) is 1. The van der Waals surface area contributed by atoms with E-state index in [1.807, 2.05) is 12.1 Å². The highest BCUT2D eigenvalue weighted by Crippen LogP contribution is 2.23. The predicted octanol–water partition coefficient (Wildman–Crippen LogP) is 4.27. The van der Waals surface area contributed by atoms with Gasteiger partial charge in [-0.25, -0.2) is 0 Å². The molecule has 0 aliphatic heterocycles. The number of nitrogens with one attached hydrogen (secondary N) is 1. The van der Waals surface area contributed by atoms with Crippen LogP contribution in [0.1, 0.15) is 4.88 Å². The van der Waals surface area contributed by atoms with Crippen molar-refractivity contribution in [1.82, 2.24) is 4.90 Å². The number of anilines is 1. The van der Waals surface area contributed by atoms with E-state index in [9.17, 15) is 9.59 Å². The molecule has 0 bridgehead atoms. The molecular formula is C16H14BrClN2O2S. The predicted molar refractivity (Wildman–Crippen MR) is 98.8 cm³/mol. The summed E-state index contributed by atoms with van der Waals surface area (Å²) in [5.74, 6) is -0.551. The van der Waals surface area contributed by atoms with Gasteiger partial charge in [0.15, 0.2) is 0 Å². The zero-order chi connectivity index (χ0) is 16.8. The van der Waals surface area contributed by atoms with Crippen LogP contribution >= 0.6 is 38.9 Å². The third kappa shape index (κ3) is 5.49. The van der Waals surface area contributed by atoms with Crippen molar-refractivity contribution >= 4 is 62.4 Å². The molecule has 23 heavy (non-hydrogen) atoms. The molecule has 0 radical (unpaired) electrons. The third-order valence-electron chi connectivity index (χ3n) is 2.89. The fraction of sp³-hybridized carbons (Fsp3) is 0.125. The summed E-state index contributed by atoms with van der Waals surface area (Å²) in [4.78, 5) is 26.3. The van der Waals surface area contributed by atoms with E-state index in [1.165, 1.54) is 22.3 Å². The number of carbonyl (C=O) groups excluding carboxylic acids is 2. The molecule has 0 unspecified atom stereocenters. The SMILES string of the molecule is CN(CC(=O)Nc1ccccc1Cl)C(=O)/C=C/c1ccc(Br)s1. The number of thiophene rings is 1. The molecule has 0 atom stereocenters. The van der Waals surface area contributed by atoms with Gasteiger partial charge in [-0.15, -0.1) is 11.3 Å². The van der Waals surface area contributed by atoms with Crippen LogP contribution in [0.15, 0.2) is 46.3 Å². The van der Waals surface area contributed by atoms with Gasteiger partial charge in [-0.1, -0.05) is 23.7 Å². The number of hydrogen-bond donors (Lipinski definition) is 1. The molecule has 2 aromatic rings. The summed E-state index contributed by atoms with van der Waals surface area (Å²) in [6, 6.07) is 10.8. The highest BCUT2D eigenvalue weighted by atomic mass is 79.9. The molecule has 0 saturated heterocycles. The van der Waals surface area contributed by atoms with Gasteiger partial charge in [-0.05, 0) is 46.3 Å². The molecule has 7 heteroatoms. The lowest BCUT2D eigenvalue weighted by atomic mass is 10.3. The maximum atomic E-state index is 12.0. The Morgan fingerprint density at radius 3 is 2.70 bits per heavy atom. The average Bonchev–Trinajstić information content (AvgIpc) is 2.92. The molecule has 120 valence electrons. The smallest absolute Gasteiger partial charge is 0.246 e. The number of amides is 2. The van der Waals surface area contributed by atoms with E-state index in [-0.39, 0.29) is 18.4 Å². The number of nitrogens with zero attached hydrogens (tertiary/aromatic N) is 1. The molecule has 0 saturated carbocycles. The molecule has 2 amide bonds. The Bertz CT molecular complexity index is 745. The molecule has 0 aliphatic rings. The monoisotopic (exact) mass is 412 g/mol. The molecular weight excluding hydrogens is 400 g/mol. The van der Waals surface area contributed by atoms with Crippen molar-refractivity contribution < 1.29 is 9.59 Å². The van der Waals surface area contributed by atoms with E-state index < -0.39 is 0 Å². The molecule has 0 fully saturated rings. The Kier molecular flexibility index (Phi) is 6.38. The van der Waals surface area contributed by atoms with Crippen molar-refractivity contribution in [2.75, 3.05) is 18.9 Å². The first-order valence-corrected chi connectivity index (χ1v) is 8.67. The molecule has 0 aliphatic carbocycles. The van der Waals surface area contributed by atoms with Crippen LogP contribution in [0.25, 0.3) is 6.08 Å². The first kappa shape index (κ1) is 17.7. The summed E-state index contributed by atoms with van der Waals surface area (Å²) in [6.45, 7) is -0.0530. The standard InChI is InChI=1S/C16H14BrClN2O2S/c1-20(16(22)9-7-11-6-8-14(17)23-11)10-15(21)19-13-5-3-2-4-12(13)18/h2-9H,10H2,1H3,(H,19,21)/b9-7+. The second kappa shape index (κ2) is 8.29. The summed E-state index contributed by atoms with van der Waals surface area (Å²) >= 11 is 10.9. The fourth-order valence-electron chi connectivity index (χ4n) is 1.74. The van der Waals surface area contributed by atoms with Crippen LogP contribution in [-0.4, -0.2) is 30.3 Å². The molecule has 2 rings (SSSR count). The summed E-state index contributed by atoms with van der Waals surface area (Å²) in [5.41, 5.74) is 0.527. The van der Waals surface area contributed by atoms with Gasteiger partial charge in [0.25, 0.3) is 0 Å². The number of para-hydroxylation sites is 1.